The number of aromatic amines is 1. The van der Waals surface area contributed by atoms with E-state index in [4.69, 9.17) is 0 Å². The van der Waals surface area contributed by atoms with Crippen LogP contribution in [0.15, 0.2) is 12.4 Å². The maximum absolute atomic E-state index is 11.8. The van der Waals surface area contributed by atoms with Crippen LogP contribution in [0.5, 0.6) is 0 Å². The molecule has 5 nitrogen and oxygen atoms in total. The van der Waals surface area contributed by atoms with Crippen molar-refractivity contribution in [3.8, 4) is 0 Å². The van der Waals surface area contributed by atoms with E-state index in [-0.39, 0.29) is 5.91 Å². The van der Waals surface area contributed by atoms with E-state index in [1.165, 1.54) is 12.8 Å². The van der Waals surface area contributed by atoms with Gasteiger partial charge in [-0.2, -0.15) is 5.10 Å². The minimum absolute atomic E-state index is 0.109. The molecule has 3 heterocycles. The van der Waals surface area contributed by atoms with Crippen LogP contribution < -0.4 is 10.6 Å². The van der Waals surface area contributed by atoms with E-state index in [2.05, 4.69) is 20.8 Å². The number of rotatable bonds is 3. The largest absolute Gasteiger partial charge is 0.323 e. The van der Waals surface area contributed by atoms with Gasteiger partial charge in [-0.25, -0.2) is 0 Å². The Morgan fingerprint density at radius 3 is 2.82 bits per heavy atom. The summed E-state index contributed by atoms with van der Waals surface area (Å²) >= 11 is 0. The molecule has 3 rings (SSSR count). The Kier molecular flexibility index (Phi) is 2.84. The Bertz CT molecular complexity index is 377. The first-order valence-electron chi connectivity index (χ1n) is 6.34. The van der Waals surface area contributed by atoms with Crippen LogP contribution in [0.3, 0.4) is 0 Å². The summed E-state index contributed by atoms with van der Waals surface area (Å²) in [6.45, 7) is 0. The van der Waals surface area contributed by atoms with E-state index >= 15 is 0 Å². The number of nitrogens with zero attached hydrogens (tertiary/aromatic N) is 1. The molecule has 3 N–H and O–H groups in total. The van der Waals surface area contributed by atoms with Crippen LogP contribution in [0, 0.1) is 5.92 Å². The van der Waals surface area contributed by atoms with E-state index < -0.39 is 0 Å². The number of piperidine rings is 1. The normalized spacial score (nSPS) is 31.4. The molecule has 2 aliphatic heterocycles. The van der Waals surface area contributed by atoms with Gasteiger partial charge in [0.15, 0.2) is 0 Å². The predicted molar refractivity (Wildman–Crippen MR) is 64.5 cm³/mol. The smallest absolute Gasteiger partial charge is 0.224 e. The van der Waals surface area contributed by atoms with Gasteiger partial charge in [-0.3, -0.25) is 9.89 Å². The van der Waals surface area contributed by atoms with Gasteiger partial charge in [-0.15, -0.1) is 0 Å². The van der Waals surface area contributed by atoms with Crippen molar-refractivity contribution in [2.45, 2.75) is 44.2 Å². The van der Waals surface area contributed by atoms with E-state index in [1.807, 2.05) is 0 Å². The van der Waals surface area contributed by atoms with Crippen molar-refractivity contribution in [2.75, 3.05) is 5.32 Å². The number of nitrogens with one attached hydrogen (secondary N) is 3. The number of carbonyl (C=O) groups excluding carboxylic acids is 1. The van der Waals surface area contributed by atoms with Crippen molar-refractivity contribution in [1.29, 1.82) is 0 Å². The lowest BCUT2D eigenvalue weighted by atomic mass is 9.89. The number of carbonyl (C=O) groups is 1. The number of hydrogen-bond donors (Lipinski definition) is 3. The Morgan fingerprint density at radius 1 is 1.41 bits per heavy atom. The second kappa shape index (κ2) is 4.49. The van der Waals surface area contributed by atoms with Crippen molar-refractivity contribution in [2.24, 2.45) is 5.92 Å². The molecule has 1 amide bonds. The van der Waals surface area contributed by atoms with Crippen molar-refractivity contribution in [3.05, 3.63) is 12.4 Å². The molecule has 5 heteroatoms. The summed E-state index contributed by atoms with van der Waals surface area (Å²) < 4.78 is 0. The SMILES string of the molecule is O=C(CC1CC2CCC(C1)N2)Nc1cn[nH]c1. The highest BCUT2D eigenvalue weighted by Gasteiger charge is 2.34. The molecule has 1 aromatic rings. The first-order chi connectivity index (χ1) is 8.29. The Labute approximate surface area is 100 Å². The molecule has 0 radical (unpaired) electrons. The molecule has 17 heavy (non-hydrogen) atoms. The lowest BCUT2D eigenvalue weighted by Crippen LogP contribution is -2.39. The number of anilines is 1. The van der Waals surface area contributed by atoms with Crippen molar-refractivity contribution >= 4 is 11.6 Å². The standard InChI is InChI=1S/C12H18N4O/c17-12(16-11-6-13-14-7-11)5-8-3-9-1-2-10(4-8)15-9/h6-10,15H,1-5H2,(H,13,14)(H,16,17). The monoisotopic (exact) mass is 234 g/mol. The van der Waals surface area contributed by atoms with Gasteiger partial charge in [-0.05, 0) is 31.6 Å². The third-order valence-electron chi connectivity index (χ3n) is 3.83. The van der Waals surface area contributed by atoms with Crippen LogP contribution in [0.1, 0.15) is 32.1 Å². The zero-order chi connectivity index (χ0) is 11.7. The maximum Gasteiger partial charge on any atom is 0.224 e. The fourth-order valence-corrected chi connectivity index (χ4v) is 3.14. The molecule has 0 spiro atoms. The Hall–Kier alpha value is -1.36. The van der Waals surface area contributed by atoms with Crippen LogP contribution in [0.25, 0.3) is 0 Å². The van der Waals surface area contributed by atoms with E-state index in [0.29, 0.717) is 24.4 Å². The molecule has 2 saturated heterocycles. The highest BCUT2D eigenvalue weighted by atomic mass is 16.1. The molecule has 1 aromatic heterocycles. The van der Waals surface area contributed by atoms with Gasteiger partial charge in [0, 0.05) is 24.7 Å². The summed E-state index contributed by atoms with van der Waals surface area (Å²) in [5, 5.41) is 13.0. The summed E-state index contributed by atoms with van der Waals surface area (Å²) in [6.07, 6.45) is 8.83. The fraction of sp³-hybridized carbons (Fsp3) is 0.667. The average molecular weight is 234 g/mol. The Morgan fingerprint density at radius 2 is 2.18 bits per heavy atom. The summed E-state index contributed by atoms with van der Waals surface area (Å²) in [5.41, 5.74) is 0.756. The summed E-state index contributed by atoms with van der Waals surface area (Å²) in [5.74, 6) is 0.651. The second-order valence-electron chi connectivity index (χ2n) is 5.21. The van der Waals surface area contributed by atoms with Gasteiger partial charge in [0.05, 0.1) is 11.9 Å². The molecule has 0 aliphatic carbocycles. The number of hydrogen-bond acceptors (Lipinski definition) is 3. The lowest BCUT2D eigenvalue weighted by Gasteiger charge is -2.28. The Balaban J connectivity index is 1.51. The van der Waals surface area contributed by atoms with Gasteiger partial charge >= 0.3 is 0 Å². The molecule has 2 aliphatic rings. The van der Waals surface area contributed by atoms with Crippen molar-refractivity contribution < 1.29 is 4.79 Å². The quantitative estimate of drug-likeness (QED) is 0.737. The molecule has 0 aromatic carbocycles. The van der Waals surface area contributed by atoms with Crippen LogP contribution >= 0.6 is 0 Å². The molecule has 92 valence electrons. The number of H-pyrrole nitrogens is 1. The minimum Gasteiger partial charge on any atom is -0.323 e. The van der Waals surface area contributed by atoms with E-state index in [0.717, 1.165) is 18.5 Å². The first-order valence-corrected chi connectivity index (χ1v) is 6.34. The molecular formula is C12H18N4O. The van der Waals surface area contributed by atoms with Crippen molar-refractivity contribution in [1.82, 2.24) is 15.5 Å². The predicted octanol–water partition coefficient (Wildman–Crippen LogP) is 1.27. The third kappa shape index (κ3) is 2.49. The number of fused-ring (bicyclic) bond motifs is 2. The topological polar surface area (TPSA) is 69.8 Å². The number of amides is 1. The minimum atomic E-state index is 0.109. The zero-order valence-corrected chi connectivity index (χ0v) is 9.78. The summed E-state index contributed by atoms with van der Waals surface area (Å²) in [6, 6.07) is 1.31. The third-order valence-corrected chi connectivity index (χ3v) is 3.83. The summed E-state index contributed by atoms with van der Waals surface area (Å²) in [7, 11) is 0. The first kappa shape index (κ1) is 10.8. The fourth-order valence-electron chi connectivity index (χ4n) is 3.14. The molecule has 0 saturated carbocycles. The molecule has 2 unspecified atom stereocenters. The maximum atomic E-state index is 11.8. The lowest BCUT2D eigenvalue weighted by molar-refractivity contribution is -0.117. The van der Waals surface area contributed by atoms with Gasteiger partial charge < -0.3 is 10.6 Å². The van der Waals surface area contributed by atoms with E-state index in [9.17, 15) is 4.79 Å². The van der Waals surface area contributed by atoms with Crippen molar-refractivity contribution in [3.63, 3.8) is 0 Å². The van der Waals surface area contributed by atoms with E-state index in [1.54, 1.807) is 12.4 Å². The van der Waals surface area contributed by atoms with Gasteiger partial charge in [0.1, 0.15) is 0 Å². The zero-order valence-electron chi connectivity index (χ0n) is 9.78. The van der Waals surface area contributed by atoms with Crippen LogP contribution in [-0.4, -0.2) is 28.2 Å². The molecular weight excluding hydrogens is 216 g/mol. The average Bonchev–Trinajstić information content (AvgIpc) is 2.89. The molecule has 2 atom stereocenters. The van der Waals surface area contributed by atoms with Crippen LogP contribution in [0.2, 0.25) is 0 Å². The van der Waals surface area contributed by atoms with Gasteiger partial charge in [0.2, 0.25) is 5.91 Å². The van der Waals surface area contributed by atoms with Crippen LogP contribution in [0.4, 0.5) is 5.69 Å². The highest BCUT2D eigenvalue weighted by molar-refractivity contribution is 5.90. The molecule has 2 bridgehead atoms. The summed E-state index contributed by atoms with van der Waals surface area (Å²) in [4.78, 5) is 11.8. The number of aromatic nitrogens is 2. The second-order valence-corrected chi connectivity index (χ2v) is 5.21. The van der Waals surface area contributed by atoms with Crippen LogP contribution in [-0.2, 0) is 4.79 Å². The van der Waals surface area contributed by atoms with Gasteiger partial charge in [-0.1, -0.05) is 0 Å². The molecule has 2 fully saturated rings. The van der Waals surface area contributed by atoms with Gasteiger partial charge in [0.25, 0.3) is 0 Å². The highest BCUT2D eigenvalue weighted by Crippen LogP contribution is 2.32.